The lowest BCUT2D eigenvalue weighted by Gasteiger charge is -2.29. The lowest BCUT2D eigenvalue weighted by Crippen LogP contribution is -2.43. The fraction of sp³-hybridized carbons (Fsp3) is 0.308. The minimum atomic E-state index is -0.247. The van der Waals surface area contributed by atoms with E-state index in [0.717, 1.165) is 31.9 Å². The zero-order valence-electron chi connectivity index (χ0n) is 11.2. The van der Waals surface area contributed by atoms with Gasteiger partial charge in [-0.1, -0.05) is 0 Å². The number of piperazine rings is 1. The first-order valence-electron chi connectivity index (χ1n) is 6.56. The number of pyridine rings is 1. The van der Waals surface area contributed by atoms with E-state index in [1.54, 1.807) is 12.3 Å². The Bertz CT molecular complexity index is 624. The summed E-state index contributed by atoms with van der Waals surface area (Å²) in [6, 6.07) is 3.68. The molecule has 1 amide bonds. The molecule has 21 heavy (non-hydrogen) atoms. The lowest BCUT2D eigenvalue weighted by atomic mass is 10.2. The summed E-state index contributed by atoms with van der Waals surface area (Å²) in [5, 5.41) is 8.41. The second-order valence-electron chi connectivity index (χ2n) is 4.57. The van der Waals surface area contributed by atoms with E-state index < -0.39 is 0 Å². The molecule has 0 bridgehead atoms. The summed E-state index contributed by atoms with van der Waals surface area (Å²) in [5.74, 6) is -0.247. The summed E-state index contributed by atoms with van der Waals surface area (Å²) < 4.78 is 0.713. The van der Waals surface area contributed by atoms with Crippen molar-refractivity contribution >= 4 is 44.0 Å². The van der Waals surface area contributed by atoms with Gasteiger partial charge in [-0.25, -0.2) is 9.97 Å². The summed E-state index contributed by atoms with van der Waals surface area (Å²) in [6.07, 6.45) is 1.75. The zero-order chi connectivity index (χ0) is 14.7. The number of rotatable bonds is 3. The van der Waals surface area contributed by atoms with Gasteiger partial charge in [-0.2, -0.15) is 0 Å². The van der Waals surface area contributed by atoms with Gasteiger partial charge in [0.15, 0.2) is 5.13 Å². The molecule has 2 aromatic rings. The third kappa shape index (κ3) is 3.58. The Hall–Kier alpha value is -1.51. The van der Waals surface area contributed by atoms with Crippen molar-refractivity contribution in [1.29, 1.82) is 0 Å². The van der Waals surface area contributed by atoms with Crippen molar-refractivity contribution in [1.82, 2.24) is 15.3 Å². The van der Waals surface area contributed by atoms with Gasteiger partial charge < -0.3 is 10.2 Å². The second kappa shape index (κ2) is 6.50. The molecule has 0 aliphatic carbocycles. The minimum absolute atomic E-state index is 0.247. The average Bonchev–Trinajstić information content (AvgIpc) is 2.93. The molecule has 8 heteroatoms. The third-order valence-corrected chi connectivity index (χ3v) is 4.63. The van der Waals surface area contributed by atoms with Crippen molar-refractivity contribution in [3.63, 3.8) is 0 Å². The Labute approximate surface area is 134 Å². The highest BCUT2D eigenvalue weighted by molar-refractivity contribution is 9.10. The largest absolute Gasteiger partial charge is 0.368 e. The van der Waals surface area contributed by atoms with Crippen LogP contribution in [0.3, 0.4) is 0 Å². The second-order valence-corrected chi connectivity index (χ2v) is 6.24. The van der Waals surface area contributed by atoms with Gasteiger partial charge in [0.25, 0.3) is 5.91 Å². The summed E-state index contributed by atoms with van der Waals surface area (Å²) >= 11 is 4.62. The molecule has 1 aliphatic heterocycles. The average molecular weight is 368 g/mol. The molecule has 0 spiro atoms. The molecule has 2 aromatic heterocycles. The molecule has 0 aromatic carbocycles. The molecule has 6 nitrogen and oxygen atoms in total. The van der Waals surface area contributed by atoms with Gasteiger partial charge in [-0.3, -0.25) is 10.1 Å². The SMILES string of the molecule is O=C(Nc1nc(Br)cs1)c1ccc(N2CCNCC2)cn1. The van der Waals surface area contributed by atoms with Gasteiger partial charge in [-0.15, -0.1) is 11.3 Å². The molecule has 1 aliphatic rings. The van der Waals surface area contributed by atoms with Crippen LogP contribution >= 0.6 is 27.3 Å². The van der Waals surface area contributed by atoms with E-state index in [1.807, 2.05) is 11.4 Å². The van der Waals surface area contributed by atoms with Gasteiger partial charge in [0, 0.05) is 31.6 Å². The fourth-order valence-corrected chi connectivity index (χ4v) is 3.24. The molecule has 0 unspecified atom stereocenters. The van der Waals surface area contributed by atoms with Crippen molar-refractivity contribution in [2.75, 3.05) is 36.4 Å². The maximum Gasteiger partial charge on any atom is 0.276 e. The Kier molecular flexibility index (Phi) is 4.47. The van der Waals surface area contributed by atoms with Crippen molar-refractivity contribution in [3.8, 4) is 0 Å². The van der Waals surface area contributed by atoms with Gasteiger partial charge in [-0.05, 0) is 28.1 Å². The molecule has 0 saturated carbocycles. The number of anilines is 2. The van der Waals surface area contributed by atoms with Gasteiger partial charge >= 0.3 is 0 Å². The number of hydrogen-bond acceptors (Lipinski definition) is 6. The molecule has 3 rings (SSSR count). The first-order valence-corrected chi connectivity index (χ1v) is 8.24. The van der Waals surface area contributed by atoms with Gasteiger partial charge in [0.05, 0.1) is 11.9 Å². The zero-order valence-corrected chi connectivity index (χ0v) is 13.6. The first kappa shape index (κ1) is 14.4. The number of thiazole rings is 1. The maximum atomic E-state index is 12.1. The van der Waals surface area contributed by atoms with Crippen LogP contribution in [-0.2, 0) is 0 Å². The van der Waals surface area contributed by atoms with Crippen LogP contribution in [0.2, 0.25) is 0 Å². The number of nitrogens with zero attached hydrogens (tertiary/aromatic N) is 3. The highest BCUT2D eigenvalue weighted by atomic mass is 79.9. The number of hydrogen-bond donors (Lipinski definition) is 2. The smallest absolute Gasteiger partial charge is 0.276 e. The number of amides is 1. The van der Waals surface area contributed by atoms with Gasteiger partial charge in [0.2, 0.25) is 0 Å². The van der Waals surface area contributed by atoms with E-state index >= 15 is 0 Å². The highest BCUT2D eigenvalue weighted by Crippen LogP contribution is 2.20. The predicted octanol–water partition coefficient (Wildman–Crippen LogP) is 1.96. The van der Waals surface area contributed by atoms with Crippen molar-refractivity contribution in [2.24, 2.45) is 0 Å². The Morgan fingerprint density at radius 3 is 2.81 bits per heavy atom. The maximum absolute atomic E-state index is 12.1. The molecule has 1 saturated heterocycles. The standard InChI is InChI=1S/C13H14BrN5OS/c14-11-8-21-13(17-11)18-12(20)10-2-1-9(7-16-10)19-5-3-15-4-6-19/h1-2,7-8,15H,3-6H2,(H,17,18,20). The van der Waals surface area contributed by atoms with Crippen LogP contribution in [0.1, 0.15) is 10.5 Å². The van der Waals surface area contributed by atoms with Crippen LogP contribution in [-0.4, -0.2) is 42.1 Å². The monoisotopic (exact) mass is 367 g/mol. The Morgan fingerprint density at radius 2 is 2.19 bits per heavy atom. The molecular formula is C13H14BrN5OS. The fourth-order valence-electron chi connectivity index (χ4n) is 2.10. The number of nitrogens with one attached hydrogen (secondary N) is 2. The predicted molar refractivity (Wildman–Crippen MR) is 87.1 cm³/mol. The topological polar surface area (TPSA) is 70.2 Å². The lowest BCUT2D eigenvalue weighted by molar-refractivity contribution is 0.102. The Morgan fingerprint density at radius 1 is 1.38 bits per heavy atom. The molecule has 2 N–H and O–H groups in total. The first-order chi connectivity index (χ1) is 10.2. The summed E-state index contributed by atoms with van der Waals surface area (Å²) in [7, 11) is 0. The van der Waals surface area contributed by atoms with Gasteiger partial charge in [0.1, 0.15) is 10.3 Å². The molecule has 0 atom stereocenters. The van der Waals surface area contributed by atoms with Crippen LogP contribution in [0.15, 0.2) is 28.3 Å². The van der Waals surface area contributed by atoms with Crippen LogP contribution in [0, 0.1) is 0 Å². The van der Waals surface area contributed by atoms with E-state index in [1.165, 1.54) is 11.3 Å². The molecule has 110 valence electrons. The molecule has 3 heterocycles. The van der Waals surface area contributed by atoms with E-state index in [0.29, 0.717) is 15.4 Å². The number of aromatic nitrogens is 2. The quantitative estimate of drug-likeness (QED) is 0.867. The molecular weight excluding hydrogens is 354 g/mol. The highest BCUT2D eigenvalue weighted by Gasteiger charge is 2.13. The van der Waals surface area contributed by atoms with Crippen LogP contribution in [0.25, 0.3) is 0 Å². The Balaban J connectivity index is 1.67. The van der Waals surface area contributed by atoms with Crippen molar-refractivity contribution < 1.29 is 4.79 Å². The van der Waals surface area contributed by atoms with Crippen LogP contribution < -0.4 is 15.5 Å². The minimum Gasteiger partial charge on any atom is -0.368 e. The summed E-state index contributed by atoms with van der Waals surface area (Å²) in [6.45, 7) is 3.86. The molecule has 1 fully saturated rings. The summed E-state index contributed by atoms with van der Waals surface area (Å²) in [5.41, 5.74) is 1.44. The van der Waals surface area contributed by atoms with E-state index in [-0.39, 0.29) is 5.91 Å². The number of carbonyl (C=O) groups excluding carboxylic acids is 1. The van der Waals surface area contributed by atoms with Crippen molar-refractivity contribution in [2.45, 2.75) is 0 Å². The van der Waals surface area contributed by atoms with Crippen LogP contribution in [0.4, 0.5) is 10.8 Å². The van der Waals surface area contributed by atoms with Crippen molar-refractivity contribution in [3.05, 3.63) is 34.0 Å². The number of halogens is 1. The van der Waals surface area contributed by atoms with E-state index in [2.05, 4.69) is 41.4 Å². The van der Waals surface area contributed by atoms with Crippen LogP contribution in [0.5, 0.6) is 0 Å². The normalized spacial score (nSPS) is 15.0. The van der Waals surface area contributed by atoms with E-state index in [9.17, 15) is 4.79 Å². The number of carbonyl (C=O) groups is 1. The van der Waals surface area contributed by atoms with E-state index in [4.69, 9.17) is 0 Å². The summed E-state index contributed by atoms with van der Waals surface area (Å²) in [4.78, 5) is 22.7. The third-order valence-electron chi connectivity index (χ3n) is 3.16. The molecule has 0 radical (unpaired) electrons.